The third-order valence-corrected chi connectivity index (χ3v) is 5.46. The Hall–Kier alpha value is -0.940. The largest absolute Gasteiger partial charge is 0.481 e. The number of aliphatic carboxylic acids is 1. The van der Waals surface area contributed by atoms with Crippen molar-refractivity contribution in [2.75, 3.05) is 0 Å². The van der Waals surface area contributed by atoms with Gasteiger partial charge in [0.25, 0.3) is 0 Å². The quantitative estimate of drug-likeness (QED) is 0.413. The van der Waals surface area contributed by atoms with Gasteiger partial charge in [-0.15, -0.1) is 0 Å². The van der Waals surface area contributed by atoms with Gasteiger partial charge in [-0.1, -0.05) is 45.4 Å². The molecule has 1 saturated carbocycles. The van der Waals surface area contributed by atoms with E-state index in [4.69, 9.17) is 5.11 Å². The molecule has 3 N–H and O–H groups in total. The summed E-state index contributed by atoms with van der Waals surface area (Å²) < 4.78 is 0. The molecule has 1 aliphatic rings. The molecule has 1 rings (SSSR count). The van der Waals surface area contributed by atoms with Gasteiger partial charge in [-0.05, 0) is 38.0 Å². The SMILES string of the molecule is CCCCC[C@@H](O)CC[C@@H]1[C@H](CCCCCCC(=O)O)C(=O)C[C@@H]1O. The number of carbonyl (C=O) groups excluding carboxylic acids is 1. The van der Waals surface area contributed by atoms with Gasteiger partial charge < -0.3 is 15.3 Å². The molecule has 4 atom stereocenters. The summed E-state index contributed by atoms with van der Waals surface area (Å²) in [4.78, 5) is 22.6. The third kappa shape index (κ3) is 8.82. The normalized spacial score (nSPS) is 24.6. The van der Waals surface area contributed by atoms with E-state index in [2.05, 4.69) is 6.92 Å². The molecule has 0 radical (unpaired) electrons. The number of hydrogen-bond acceptors (Lipinski definition) is 4. The van der Waals surface area contributed by atoms with Crippen molar-refractivity contribution in [1.82, 2.24) is 0 Å². The van der Waals surface area contributed by atoms with E-state index >= 15 is 0 Å². The summed E-state index contributed by atoms with van der Waals surface area (Å²) in [5, 5.41) is 28.9. The smallest absolute Gasteiger partial charge is 0.303 e. The first kappa shape index (κ1) is 22.1. The van der Waals surface area contributed by atoms with Crippen molar-refractivity contribution in [2.45, 2.75) is 103 Å². The zero-order valence-electron chi connectivity index (χ0n) is 15.7. The fraction of sp³-hybridized carbons (Fsp3) is 0.900. The van der Waals surface area contributed by atoms with Crippen LogP contribution in [0.2, 0.25) is 0 Å². The number of carbonyl (C=O) groups is 2. The van der Waals surface area contributed by atoms with Gasteiger partial charge in [0.05, 0.1) is 12.2 Å². The molecule has 1 aliphatic carbocycles. The maximum atomic E-state index is 12.2. The highest BCUT2D eigenvalue weighted by atomic mass is 16.4. The van der Waals surface area contributed by atoms with E-state index in [0.717, 1.165) is 51.4 Å². The molecule has 1 fully saturated rings. The molecule has 0 aromatic carbocycles. The zero-order chi connectivity index (χ0) is 18.7. The third-order valence-electron chi connectivity index (χ3n) is 5.46. The lowest BCUT2D eigenvalue weighted by atomic mass is 9.85. The Morgan fingerprint density at radius 1 is 1.08 bits per heavy atom. The van der Waals surface area contributed by atoms with Crippen molar-refractivity contribution in [2.24, 2.45) is 11.8 Å². The van der Waals surface area contributed by atoms with E-state index in [9.17, 15) is 19.8 Å². The number of Topliss-reactive ketones (excluding diaryl/α,β-unsaturated/α-hetero) is 1. The maximum absolute atomic E-state index is 12.2. The van der Waals surface area contributed by atoms with Crippen molar-refractivity contribution in [3.05, 3.63) is 0 Å². The van der Waals surface area contributed by atoms with E-state index in [-0.39, 0.29) is 36.6 Å². The van der Waals surface area contributed by atoms with Crippen LogP contribution in [0.25, 0.3) is 0 Å². The lowest BCUT2D eigenvalue weighted by Gasteiger charge is -2.22. The van der Waals surface area contributed by atoms with E-state index in [1.54, 1.807) is 0 Å². The predicted molar refractivity (Wildman–Crippen MR) is 97.3 cm³/mol. The van der Waals surface area contributed by atoms with Crippen molar-refractivity contribution in [1.29, 1.82) is 0 Å². The van der Waals surface area contributed by atoms with Crippen LogP contribution in [0.3, 0.4) is 0 Å². The first-order valence-electron chi connectivity index (χ1n) is 10.1. The van der Waals surface area contributed by atoms with Crippen molar-refractivity contribution in [3.8, 4) is 0 Å². The summed E-state index contributed by atoms with van der Waals surface area (Å²) in [7, 11) is 0. The van der Waals surface area contributed by atoms with Gasteiger partial charge in [0, 0.05) is 18.8 Å². The number of carboxylic acid groups (broad SMARTS) is 1. The number of rotatable bonds is 14. The Morgan fingerprint density at radius 2 is 1.80 bits per heavy atom. The summed E-state index contributed by atoms with van der Waals surface area (Å²) in [5.41, 5.74) is 0. The highest BCUT2D eigenvalue weighted by Crippen LogP contribution is 2.36. The highest BCUT2D eigenvalue weighted by molar-refractivity contribution is 5.84. The van der Waals surface area contributed by atoms with E-state index < -0.39 is 12.1 Å². The van der Waals surface area contributed by atoms with Crippen LogP contribution in [0.5, 0.6) is 0 Å². The minimum atomic E-state index is -0.758. The Labute approximate surface area is 151 Å². The fourth-order valence-corrected chi connectivity index (χ4v) is 3.94. The van der Waals surface area contributed by atoms with Gasteiger partial charge in [0.2, 0.25) is 0 Å². The van der Waals surface area contributed by atoms with E-state index in [1.165, 1.54) is 0 Å². The van der Waals surface area contributed by atoms with Gasteiger partial charge in [-0.3, -0.25) is 9.59 Å². The Morgan fingerprint density at radius 3 is 2.48 bits per heavy atom. The highest BCUT2D eigenvalue weighted by Gasteiger charge is 2.40. The van der Waals surface area contributed by atoms with Gasteiger partial charge in [-0.25, -0.2) is 0 Å². The average molecular weight is 357 g/mol. The standard InChI is InChI=1S/C20H36O5/c1-2-3-6-9-15(21)12-13-17-16(18(22)14-19(17)23)10-7-4-5-8-11-20(24)25/h15-17,19,21,23H,2-14H2,1H3,(H,24,25)/t15-,16+,17-,19+/m1/s1. The number of unbranched alkanes of at least 4 members (excludes halogenated alkanes) is 5. The summed E-state index contributed by atoms with van der Waals surface area (Å²) in [6, 6.07) is 0. The molecule has 5 heteroatoms. The Balaban J connectivity index is 2.30. The van der Waals surface area contributed by atoms with Crippen LogP contribution in [0.15, 0.2) is 0 Å². The second-order valence-corrected chi connectivity index (χ2v) is 7.58. The van der Waals surface area contributed by atoms with Crippen molar-refractivity contribution >= 4 is 11.8 Å². The first-order chi connectivity index (χ1) is 12.0. The molecular formula is C20H36O5. The lowest BCUT2D eigenvalue weighted by molar-refractivity contribution is -0.137. The second kappa shape index (κ2) is 12.4. The van der Waals surface area contributed by atoms with Gasteiger partial charge in [0.15, 0.2) is 0 Å². The molecule has 0 bridgehead atoms. The van der Waals surface area contributed by atoms with Crippen LogP contribution in [-0.4, -0.2) is 39.3 Å². The van der Waals surface area contributed by atoms with Crippen molar-refractivity contribution < 1.29 is 24.9 Å². The number of ketones is 1. The average Bonchev–Trinajstić information content (AvgIpc) is 2.82. The van der Waals surface area contributed by atoms with Crippen LogP contribution >= 0.6 is 0 Å². The van der Waals surface area contributed by atoms with E-state index in [0.29, 0.717) is 19.3 Å². The van der Waals surface area contributed by atoms with Crippen molar-refractivity contribution in [3.63, 3.8) is 0 Å². The van der Waals surface area contributed by atoms with Crippen LogP contribution in [0.1, 0.15) is 90.4 Å². The fourth-order valence-electron chi connectivity index (χ4n) is 3.94. The molecule has 0 aromatic rings. The maximum Gasteiger partial charge on any atom is 0.303 e. The number of aliphatic hydroxyl groups is 2. The second-order valence-electron chi connectivity index (χ2n) is 7.58. The molecule has 0 saturated heterocycles. The summed E-state index contributed by atoms with van der Waals surface area (Å²) >= 11 is 0. The summed E-state index contributed by atoms with van der Waals surface area (Å²) in [6.07, 6.45) is 9.21. The lowest BCUT2D eigenvalue weighted by Crippen LogP contribution is -2.22. The molecular weight excluding hydrogens is 320 g/mol. The van der Waals surface area contributed by atoms with Crippen LogP contribution in [0, 0.1) is 11.8 Å². The molecule has 0 aromatic heterocycles. The summed E-state index contributed by atoms with van der Waals surface area (Å²) in [5.74, 6) is -0.708. The molecule has 0 heterocycles. The summed E-state index contributed by atoms with van der Waals surface area (Å²) in [6.45, 7) is 2.14. The monoisotopic (exact) mass is 356 g/mol. The van der Waals surface area contributed by atoms with Crippen LogP contribution in [-0.2, 0) is 9.59 Å². The molecule has 146 valence electrons. The predicted octanol–water partition coefficient (Wildman–Crippen LogP) is 3.70. The topological polar surface area (TPSA) is 94.8 Å². The van der Waals surface area contributed by atoms with Crippen LogP contribution < -0.4 is 0 Å². The van der Waals surface area contributed by atoms with Gasteiger partial charge in [0.1, 0.15) is 5.78 Å². The Bertz CT molecular complexity index is 396. The molecule has 0 spiro atoms. The van der Waals surface area contributed by atoms with E-state index in [1.807, 2.05) is 0 Å². The molecule has 5 nitrogen and oxygen atoms in total. The minimum absolute atomic E-state index is 0.0210. The number of hydrogen-bond donors (Lipinski definition) is 3. The van der Waals surface area contributed by atoms with Gasteiger partial charge in [-0.2, -0.15) is 0 Å². The molecule has 0 aliphatic heterocycles. The Kier molecular flexibility index (Phi) is 11.0. The molecule has 0 amide bonds. The number of carboxylic acids is 1. The molecule has 25 heavy (non-hydrogen) atoms. The first-order valence-corrected chi connectivity index (χ1v) is 10.1. The van der Waals surface area contributed by atoms with Gasteiger partial charge >= 0.3 is 5.97 Å². The van der Waals surface area contributed by atoms with Crippen LogP contribution in [0.4, 0.5) is 0 Å². The number of aliphatic hydroxyl groups excluding tert-OH is 2. The minimum Gasteiger partial charge on any atom is -0.481 e. The molecule has 0 unspecified atom stereocenters. The zero-order valence-corrected chi connectivity index (χ0v) is 15.7.